The van der Waals surface area contributed by atoms with E-state index in [4.69, 9.17) is 9.47 Å². The van der Waals surface area contributed by atoms with Crippen LogP contribution in [0.25, 0.3) is 0 Å². The number of hydrogen-bond acceptors (Lipinski definition) is 5. The van der Waals surface area contributed by atoms with E-state index in [1.807, 2.05) is 0 Å². The number of ether oxygens (including phenoxy) is 2. The standard InChI is InChI=1S/C20H29N3O5/c1-14(24)23-11-8-15(9-12-23)18(20(26)21-10-13-27-2)22-19(25)16-4-6-17(28-3)7-5-16/h4-7,15,18H,8-13H2,1-3H3,(H,21,26)(H,22,25)/t18-/m1/s1. The van der Waals surface area contributed by atoms with Crippen LogP contribution in [0.4, 0.5) is 0 Å². The van der Waals surface area contributed by atoms with Crippen LogP contribution in [0.5, 0.6) is 5.75 Å². The molecule has 0 saturated carbocycles. The molecule has 0 aromatic heterocycles. The van der Waals surface area contributed by atoms with Gasteiger partial charge in [-0.2, -0.15) is 0 Å². The molecule has 0 unspecified atom stereocenters. The predicted molar refractivity (Wildman–Crippen MR) is 104 cm³/mol. The first-order valence-corrected chi connectivity index (χ1v) is 9.43. The van der Waals surface area contributed by atoms with Crippen LogP contribution in [0.15, 0.2) is 24.3 Å². The third-order valence-electron chi connectivity index (χ3n) is 4.98. The Labute approximate surface area is 165 Å². The lowest BCUT2D eigenvalue weighted by molar-refractivity contribution is -0.130. The van der Waals surface area contributed by atoms with Crippen molar-refractivity contribution in [2.45, 2.75) is 25.8 Å². The summed E-state index contributed by atoms with van der Waals surface area (Å²) in [7, 11) is 3.12. The van der Waals surface area contributed by atoms with Crippen molar-refractivity contribution < 1.29 is 23.9 Å². The number of carbonyl (C=O) groups excluding carboxylic acids is 3. The van der Waals surface area contributed by atoms with Crippen molar-refractivity contribution in [1.82, 2.24) is 15.5 Å². The molecule has 154 valence electrons. The zero-order valence-corrected chi connectivity index (χ0v) is 16.7. The van der Waals surface area contributed by atoms with E-state index in [1.54, 1.807) is 50.3 Å². The van der Waals surface area contributed by atoms with Gasteiger partial charge >= 0.3 is 0 Å². The summed E-state index contributed by atoms with van der Waals surface area (Å²) in [5.41, 5.74) is 0.455. The van der Waals surface area contributed by atoms with E-state index in [2.05, 4.69) is 10.6 Å². The summed E-state index contributed by atoms with van der Waals surface area (Å²) in [5, 5.41) is 5.69. The Morgan fingerprint density at radius 1 is 1.14 bits per heavy atom. The maximum absolute atomic E-state index is 12.7. The van der Waals surface area contributed by atoms with Gasteiger partial charge in [-0.1, -0.05) is 0 Å². The van der Waals surface area contributed by atoms with Gasteiger partial charge in [-0.3, -0.25) is 14.4 Å². The summed E-state index contributed by atoms with van der Waals surface area (Å²) in [6.07, 6.45) is 1.32. The van der Waals surface area contributed by atoms with Gasteiger partial charge in [0, 0.05) is 39.2 Å². The Bertz CT molecular complexity index is 669. The van der Waals surface area contributed by atoms with Gasteiger partial charge in [0.15, 0.2) is 0 Å². The van der Waals surface area contributed by atoms with Crippen LogP contribution in [0.2, 0.25) is 0 Å². The zero-order valence-electron chi connectivity index (χ0n) is 16.7. The van der Waals surface area contributed by atoms with E-state index in [-0.39, 0.29) is 23.6 Å². The van der Waals surface area contributed by atoms with Crippen molar-refractivity contribution in [1.29, 1.82) is 0 Å². The Kier molecular flexibility index (Phi) is 8.25. The lowest BCUT2D eigenvalue weighted by Gasteiger charge is -2.35. The van der Waals surface area contributed by atoms with Crippen LogP contribution < -0.4 is 15.4 Å². The minimum atomic E-state index is -0.666. The Balaban J connectivity index is 2.07. The molecule has 0 aliphatic carbocycles. The van der Waals surface area contributed by atoms with Crippen LogP contribution >= 0.6 is 0 Å². The Hall–Kier alpha value is -2.61. The number of likely N-dealkylation sites (tertiary alicyclic amines) is 1. The molecule has 8 heteroatoms. The van der Waals surface area contributed by atoms with Gasteiger partial charge in [-0.25, -0.2) is 0 Å². The van der Waals surface area contributed by atoms with Crippen LogP contribution in [0.3, 0.4) is 0 Å². The SMILES string of the molecule is COCCNC(=O)[C@H](NC(=O)c1ccc(OC)cc1)C1CCN(C(C)=O)CC1. The highest BCUT2D eigenvalue weighted by atomic mass is 16.5. The van der Waals surface area contributed by atoms with Gasteiger partial charge in [0.1, 0.15) is 11.8 Å². The molecule has 2 N–H and O–H groups in total. The van der Waals surface area contributed by atoms with E-state index < -0.39 is 6.04 Å². The maximum Gasteiger partial charge on any atom is 0.251 e. The molecule has 1 aliphatic rings. The van der Waals surface area contributed by atoms with E-state index in [0.717, 1.165) is 0 Å². The van der Waals surface area contributed by atoms with Crippen molar-refractivity contribution in [2.75, 3.05) is 40.5 Å². The fraction of sp³-hybridized carbons (Fsp3) is 0.550. The second-order valence-electron chi connectivity index (χ2n) is 6.81. The third kappa shape index (κ3) is 5.95. The van der Waals surface area contributed by atoms with Gasteiger partial charge in [0.05, 0.1) is 13.7 Å². The van der Waals surface area contributed by atoms with Crippen LogP contribution in [0, 0.1) is 5.92 Å². The number of piperidine rings is 1. The Morgan fingerprint density at radius 2 is 1.79 bits per heavy atom. The van der Waals surface area contributed by atoms with Gasteiger partial charge < -0.3 is 25.0 Å². The highest BCUT2D eigenvalue weighted by Gasteiger charge is 2.33. The minimum Gasteiger partial charge on any atom is -0.497 e. The molecule has 8 nitrogen and oxygen atoms in total. The summed E-state index contributed by atoms with van der Waals surface area (Å²) in [5.74, 6) is 0.0906. The molecule has 0 spiro atoms. The lowest BCUT2D eigenvalue weighted by atomic mass is 9.88. The number of nitrogens with one attached hydrogen (secondary N) is 2. The van der Waals surface area contributed by atoms with E-state index >= 15 is 0 Å². The highest BCUT2D eigenvalue weighted by Crippen LogP contribution is 2.22. The summed E-state index contributed by atoms with van der Waals surface area (Å²) in [6.45, 7) is 3.48. The minimum absolute atomic E-state index is 0.0295. The van der Waals surface area contributed by atoms with E-state index in [9.17, 15) is 14.4 Å². The van der Waals surface area contributed by atoms with Crippen LogP contribution in [-0.2, 0) is 14.3 Å². The van der Waals surface area contributed by atoms with Crippen molar-refractivity contribution in [3.8, 4) is 5.75 Å². The normalized spacial score (nSPS) is 15.6. The van der Waals surface area contributed by atoms with Crippen LogP contribution in [-0.4, -0.2) is 69.1 Å². The first-order chi connectivity index (χ1) is 13.5. The second-order valence-corrected chi connectivity index (χ2v) is 6.81. The average Bonchev–Trinajstić information content (AvgIpc) is 2.72. The third-order valence-corrected chi connectivity index (χ3v) is 4.98. The summed E-state index contributed by atoms with van der Waals surface area (Å²) in [6, 6.07) is 6.06. The van der Waals surface area contributed by atoms with Crippen LogP contribution in [0.1, 0.15) is 30.1 Å². The first-order valence-electron chi connectivity index (χ1n) is 9.43. The zero-order chi connectivity index (χ0) is 20.5. The quantitative estimate of drug-likeness (QED) is 0.640. The van der Waals surface area contributed by atoms with Crippen molar-refractivity contribution in [3.05, 3.63) is 29.8 Å². The topological polar surface area (TPSA) is 97.0 Å². The van der Waals surface area contributed by atoms with Gasteiger partial charge in [-0.05, 0) is 43.0 Å². The molecule has 1 heterocycles. The molecular formula is C20H29N3O5. The number of nitrogens with zero attached hydrogens (tertiary/aromatic N) is 1. The molecule has 1 saturated heterocycles. The fourth-order valence-corrected chi connectivity index (χ4v) is 3.30. The van der Waals surface area contributed by atoms with Crippen molar-refractivity contribution in [2.24, 2.45) is 5.92 Å². The monoisotopic (exact) mass is 391 g/mol. The lowest BCUT2D eigenvalue weighted by Crippen LogP contribution is -2.54. The van der Waals surface area contributed by atoms with E-state index in [0.29, 0.717) is 50.4 Å². The fourth-order valence-electron chi connectivity index (χ4n) is 3.30. The Morgan fingerprint density at radius 3 is 2.32 bits per heavy atom. The van der Waals surface area contributed by atoms with Gasteiger partial charge in [0.25, 0.3) is 5.91 Å². The van der Waals surface area contributed by atoms with Gasteiger partial charge in [0.2, 0.25) is 11.8 Å². The summed E-state index contributed by atoms with van der Waals surface area (Å²) in [4.78, 5) is 38.7. The molecule has 2 rings (SSSR count). The number of hydrogen-bond donors (Lipinski definition) is 2. The average molecular weight is 391 g/mol. The highest BCUT2D eigenvalue weighted by molar-refractivity contribution is 5.97. The predicted octanol–water partition coefficient (Wildman–Crippen LogP) is 0.815. The molecule has 1 aliphatic heterocycles. The number of rotatable bonds is 8. The van der Waals surface area contributed by atoms with Crippen molar-refractivity contribution >= 4 is 17.7 Å². The first kappa shape index (κ1) is 21.7. The number of benzene rings is 1. The molecule has 3 amide bonds. The molecule has 1 fully saturated rings. The molecule has 0 bridgehead atoms. The molecular weight excluding hydrogens is 362 g/mol. The smallest absolute Gasteiger partial charge is 0.251 e. The largest absolute Gasteiger partial charge is 0.497 e. The molecule has 1 atom stereocenters. The molecule has 0 radical (unpaired) electrons. The van der Waals surface area contributed by atoms with Crippen molar-refractivity contribution in [3.63, 3.8) is 0 Å². The van der Waals surface area contributed by atoms with Gasteiger partial charge in [-0.15, -0.1) is 0 Å². The number of amides is 3. The van der Waals surface area contributed by atoms with E-state index in [1.165, 1.54) is 0 Å². The molecule has 1 aromatic carbocycles. The number of carbonyl (C=O) groups is 3. The maximum atomic E-state index is 12.7. The molecule has 28 heavy (non-hydrogen) atoms. The summed E-state index contributed by atoms with van der Waals surface area (Å²) < 4.78 is 10.1. The number of methoxy groups -OCH3 is 2. The molecule has 1 aromatic rings. The second kappa shape index (κ2) is 10.7. The summed E-state index contributed by atoms with van der Waals surface area (Å²) >= 11 is 0.